The van der Waals surface area contributed by atoms with Crippen LogP contribution in [0.25, 0.3) is 0 Å². The number of hydrogen-bond acceptors (Lipinski definition) is 2. The lowest BCUT2D eigenvalue weighted by atomic mass is 10.3. The van der Waals surface area contributed by atoms with Crippen LogP contribution >= 0.6 is 0 Å². The van der Waals surface area contributed by atoms with Crippen molar-refractivity contribution < 1.29 is 9.53 Å². The summed E-state index contributed by atoms with van der Waals surface area (Å²) in [5.74, 6) is 0.581. The summed E-state index contributed by atoms with van der Waals surface area (Å²) in [7, 11) is 0. The fraction of sp³-hybridized carbons (Fsp3) is 0.222. The smallest absolute Gasteiger partial charge is 0.262 e. The van der Waals surface area contributed by atoms with Gasteiger partial charge < -0.3 is 10.1 Å². The molecule has 12 heavy (non-hydrogen) atoms. The molecule has 0 aromatic carbocycles. The zero-order valence-corrected chi connectivity index (χ0v) is 6.96. The molecule has 0 fully saturated rings. The summed E-state index contributed by atoms with van der Waals surface area (Å²) in [6.07, 6.45) is 5.18. The highest BCUT2D eigenvalue weighted by Gasteiger charge is 2.12. The number of carbonyl (C=O) groups excluding carboxylic acids is 1. The summed E-state index contributed by atoms with van der Waals surface area (Å²) in [6.45, 7) is 5.42. The van der Waals surface area contributed by atoms with Gasteiger partial charge in [-0.3, -0.25) is 4.79 Å². The van der Waals surface area contributed by atoms with Gasteiger partial charge in [-0.25, -0.2) is 0 Å². The van der Waals surface area contributed by atoms with Crippen LogP contribution in [0.2, 0.25) is 0 Å². The van der Waals surface area contributed by atoms with E-state index in [1.165, 1.54) is 0 Å². The molecule has 0 saturated carbocycles. The second-order valence-corrected chi connectivity index (χ2v) is 2.42. The fourth-order valence-electron chi connectivity index (χ4n) is 0.887. The molecule has 0 atom stereocenters. The van der Waals surface area contributed by atoms with Gasteiger partial charge in [-0.15, -0.1) is 0 Å². The van der Waals surface area contributed by atoms with Crippen molar-refractivity contribution >= 4 is 5.91 Å². The number of amides is 1. The molecule has 0 saturated heterocycles. The average molecular weight is 165 g/mol. The number of allylic oxidation sites excluding steroid dienone is 4. The molecule has 0 radical (unpaired) electrons. The lowest BCUT2D eigenvalue weighted by Crippen LogP contribution is -2.31. The van der Waals surface area contributed by atoms with Gasteiger partial charge in [0, 0.05) is 0 Å². The van der Waals surface area contributed by atoms with Crippen LogP contribution in [-0.2, 0) is 9.53 Å². The van der Waals surface area contributed by atoms with Gasteiger partial charge in [0.25, 0.3) is 5.91 Å². The number of rotatable bonds is 2. The van der Waals surface area contributed by atoms with Crippen LogP contribution in [0, 0.1) is 0 Å². The van der Waals surface area contributed by atoms with Gasteiger partial charge >= 0.3 is 0 Å². The van der Waals surface area contributed by atoms with E-state index in [4.69, 9.17) is 4.74 Å². The summed E-state index contributed by atoms with van der Waals surface area (Å²) in [4.78, 5) is 10.8. The average Bonchev–Trinajstić information content (AvgIpc) is 2.03. The van der Waals surface area contributed by atoms with Crippen molar-refractivity contribution in [1.29, 1.82) is 0 Å². The third-order valence-electron chi connectivity index (χ3n) is 1.44. The van der Waals surface area contributed by atoms with Crippen LogP contribution in [0.1, 0.15) is 6.92 Å². The quantitative estimate of drug-likeness (QED) is 0.622. The summed E-state index contributed by atoms with van der Waals surface area (Å²) in [6, 6.07) is 0. The van der Waals surface area contributed by atoms with Gasteiger partial charge in [0.2, 0.25) is 0 Å². The molecule has 1 N–H and O–H groups in total. The van der Waals surface area contributed by atoms with Crippen LogP contribution in [0.5, 0.6) is 0 Å². The normalized spacial score (nSPS) is 17.6. The molecular formula is C9H11NO2. The first-order valence-electron chi connectivity index (χ1n) is 3.66. The SMILES string of the molecule is C=C/C=C\C1=C(C)NC(=O)CO1. The molecule has 0 spiro atoms. The van der Waals surface area contributed by atoms with Gasteiger partial charge in [0.15, 0.2) is 6.61 Å². The van der Waals surface area contributed by atoms with Gasteiger partial charge in [0.1, 0.15) is 5.76 Å². The highest BCUT2D eigenvalue weighted by molar-refractivity contribution is 5.80. The Hall–Kier alpha value is -1.51. The maximum absolute atomic E-state index is 10.8. The molecule has 1 aliphatic rings. The molecule has 64 valence electrons. The Bertz CT molecular complexity index is 264. The Morgan fingerprint density at radius 1 is 1.67 bits per heavy atom. The minimum Gasteiger partial charge on any atom is -0.482 e. The van der Waals surface area contributed by atoms with E-state index in [2.05, 4.69) is 11.9 Å². The Labute approximate surface area is 71.4 Å². The maximum Gasteiger partial charge on any atom is 0.262 e. The molecule has 3 heteroatoms. The molecule has 1 amide bonds. The van der Waals surface area contributed by atoms with Crippen LogP contribution in [0.4, 0.5) is 0 Å². The molecule has 0 unspecified atom stereocenters. The highest BCUT2D eigenvalue weighted by Crippen LogP contribution is 2.09. The maximum atomic E-state index is 10.8. The number of ether oxygens (including phenoxy) is 1. The van der Waals surface area contributed by atoms with Crippen molar-refractivity contribution in [1.82, 2.24) is 5.32 Å². The number of nitrogens with one attached hydrogen (secondary N) is 1. The lowest BCUT2D eigenvalue weighted by Gasteiger charge is -2.16. The zero-order chi connectivity index (χ0) is 8.97. The molecule has 3 nitrogen and oxygen atoms in total. The van der Waals surface area contributed by atoms with E-state index in [9.17, 15) is 4.79 Å². The molecule has 1 heterocycles. The Morgan fingerprint density at radius 3 is 3.00 bits per heavy atom. The molecule has 0 aliphatic carbocycles. The van der Waals surface area contributed by atoms with E-state index in [0.717, 1.165) is 5.70 Å². The predicted octanol–water partition coefficient (Wildman–Crippen LogP) is 1.11. The summed E-state index contributed by atoms with van der Waals surface area (Å²) >= 11 is 0. The molecular weight excluding hydrogens is 154 g/mol. The second kappa shape index (κ2) is 3.76. The van der Waals surface area contributed by atoms with Crippen molar-refractivity contribution in [2.45, 2.75) is 6.92 Å². The minimum atomic E-state index is -0.108. The van der Waals surface area contributed by atoms with Crippen molar-refractivity contribution in [3.63, 3.8) is 0 Å². The molecule has 0 bridgehead atoms. The first kappa shape index (κ1) is 8.59. The van der Waals surface area contributed by atoms with Crippen molar-refractivity contribution in [3.8, 4) is 0 Å². The molecule has 1 rings (SSSR count). The second-order valence-electron chi connectivity index (χ2n) is 2.42. The number of carbonyl (C=O) groups is 1. The minimum absolute atomic E-state index is 0.0914. The summed E-state index contributed by atoms with van der Waals surface area (Å²) in [5, 5.41) is 2.67. The lowest BCUT2D eigenvalue weighted by molar-refractivity contribution is -0.124. The fourth-order valence-corrected chi connectivity index (χ4v) is 0.887. The third-order valence-corrected chi connectivity index (χ3v) is 1.44. The van der Waals surface area contributed by atoms with E-state index >= 15 is 0 Å². The van der Waals surface area contributed by atoms with Crippen molar-refractivity contribution in [2.24, 2.45) is 0 Å². The predicted molar refractivity (Wildman–Crippen MR) is 46.1 cm³/mol. The third kappa shape index (κ3) is 1.99. The molecule has 1 aliphatic heterocycles. The molecule has 0 aromatic heterocycles. The van der Waals surface area contributed by atoms with Crippen LogP contribution in [0.15, 0.2) is 36.3 Å². The van der Waals surface area contributed by atoms with Crippen LogP contribution < -0.4 is 5.32 Å². The van der Waals surface area contributed by atoms with Crippen LogP contribution in [-0.4, -0.2) is 12.5 Å². The first-order chi connectivity index (χ1) is 5.74. The van der Waals surface area contributed by atoms with Gasteiger partial charge in [0.05, 0.1) is 5.70 Å². The zero-order valence-electron chi connectivity index (χ0n) is 6.96. The van der Waals surface area contributed by atoms with E-state index in [1.807, 2.05) is 0 Å². The van der Waals surface area contributed by atoms with E-state index in [-0.39, 0.29) is 12.5 Å². The monoisotopic (exact) mass is 165 g/mol. The Balaban J connectivity index is 2.75. The first-order valence-corrected chi connectivity index (χ1v) is 3.66. The largest absolute Gasteiger partial charge is 0.482 e. The van der Waals surface area contributed by atoms with E-state index in [0.29, 0.717) is 5.76 Å². The van der Waals surface area contributed by atoms with Crippen molar-refractivity contribution in [2.75, 3.05) is 6.61 Å². The highest BCUT2D eigenvalue weighted by atomic mass is 16.5. The summed E-state index contributed by atoms with van der Waals surface area (Å²) < 4.78 is 5.14. The van der Waals surface area contributed by atoms with Gasteiger partial charge in [-0.05, 0) is 13.0 Å². The number of hydrogen-bond donors (Lipinski definition) is 1. The van der Waals surface area contributed by atoms with E-state index in [1.54, 1.807) is 25.2 Å². The summed E-state index contributed by atoms with van der Waals surface area (Å²) in [5.41, 5.74) is 0.740. The Morgan fingerprint density at radius 2 is 2.42 bits per heavy atom. The van der Waals surface area contributed by atoms with Crippen LogP contribution in [0.3, 0.4) is 0 Å². The van der Waals surface area contributed by atoms with E-state index < -0.39 is 0 Å². The van der Waals surface area contributed by atoms with Crippen molar-refractivity contribution in [3.05, 3.63) is 36.3 Å². The standard InChI is InChI=1S/C9H11NO2/c1-3-4-5-8-7(2)10-9(11)6-12-8/h3-5H,1,6H2,2H3,(H,10,11)/b5-4-. The topological polar surface area (TPSA) is 38.3 Å². The van der Waals surface area contributed by atoms with Gasteiger partial charge in [-0.1, -0.05) is 18.7 Å². The van der Waals surface area contributed by atoms with Gasteiger partial charge in [-0.2, -0.15) is 0 Å². The Kier molecular flexibility index (Phi) is 2.69. The molecule has 0 aromatic rings.